The molecule has 0 saturated heterocycles. The first kappa shape index (κ1) is 15.8. The van der Waals surface area contributed by atoms with E-state index in [4.69, 9.17) is 4.42 Å². The Morgan fingerprint density at radius 1 is 1.30 bits per heavy atom. The van der Waals surface area contributed by atoms with Crippen molar-refractivity contribution >= 4 is 21.0 Å². The van der Waals surface area contributed by atoms with Crippen molar-refractivity contribution in [2.75, 3.05) is 7.05 Å². The molecule has 0 radical (unpaired) electrons. The predicted molar refractivity (Wildman–Crippen MR) is 87.5 cm³/mol. The van der Waals surface area contributed by atoms with Crippen molar-refractivity contribution in [1.82, 2.24) is 14.1 Å². The maximum absolute atomic E-state index is 12.6. The largest absolute Gasteiger partial charge is 0.461 e. The summed E-state index contributed by atoms with van der Waals surface area (Å²) in [4.78, 5) is 0.188. The number of furan rings is 1. The minimum Gasteiger partial charge on any atom is -0.461 e. The van der Waals surface area contributed by atoms with E-state index in [0.717, 1.165) is 22.3 Å². The molecule has 122 valence electrons. The van der Waals surface area contributed by atoms with Gasteiger partial charge in [-0.2, -0.15) is 9.40 Å². The summed E-state index contributed by atoms with van der Waals surface area (Å²) in [6, 6.07) is 7.69. The van der Waals surface area contributed by atoms with Crippen molar-refractivity contribution in [2.24, 2.45) is 7.05 Å². The summed E-state index contributed by atoms with van der Waals surface area (Å²) in [5, 5.41) is 4.89. The van der Waals surface area contributed by atoms with Gasteiger partial charge in [0.1, 0.15) is 16.2 Å². The van der Waals surface area contributed by atoms with Crippen LogP contribution < -0.4 is 0 Å². The highest BCUT2D eigenvalue weighted by molar-refractivity contribution is 7.89. The molecule has 0 saturated carbocycles. The molecule has 0 bridgehead atoms. The third-order valence-corrected chi connectivity index (χ3v) is 5.63. The highest BCUT2D eigenvalue weighted by atomic mass is 32.2. The SMILES string of the molecule is CCc1oc2ccccc2c1CN(C)S(=O)(=O)c1cnn(C)c1. The second-order valence-corrected chi connectivity index (χ2v) is 7.51. The molecule has 6 nitrogen and oxygen atoms in total. The van der Waals surface area contributed by atoms with E-state index in [1.807, 2.05) is 31.2 Å². The van der Waals surface area contributed by atoms with Crippen LogP contribution in [0.2, 0.25) is 0 Å². The standard InChI is InChI=1S/C16H19N3O3S/c1-4-15-14(13-7-5-6-8-16(13)22-15)11-19(3)23(20,21)12-9-17-18(2)10-12/h5-10H,4,11H2,1-3H3. The molecule has 7 heteroatoms. The van der Waals surface area contributed by atoms with Crippen LogP contribution in [0.4, 0.5) is 0 Å². The highest BCUT2D eigenvalue weighted by Crippen LogP contribution is 2.28. The van der Waals surface area contributed by atoms with Crippen LogP contribution >= 0.6 is 0 Å². The van der Waals surface area contributed by atoms with Gasteiger partial charge in [-0.3, -0.25) is 4.68 Å². The number of benzene rings is 1. The molecule has 0 unspecified atom stereocenters. The van der Waals surface area contributed by atoms with Crippen LogP contribution in [0.1, 0.15) is 18.2 Å². The molecule has 3 aromatic rings. The van der Waals surface area contributed by atoms with E-state index in [9.17, 15) is 8.42 Å². The molecule has 2 aromatic heterocycles. The fourth-order valence-electron chi connectivity index (χ4n) is 2.63. The van der Waals surface area contributed by atoms with Crippen LogP contribution in [0.25, 0.3) is 11.0 Å². The van der Waals surface area contributed by atoms with Crippen molar-refractivity contribution in [3.63, 3.8) is 0 Å². The highest BCUT2D eigenvalue weighted by Gasteiger charge is 2.25. The number of rotatable bonds is 5. The Balaban J connectivity index is 1.98. The number of hydrogen-bond donors (Lipinski definition) is 0. The van der Waals surface area contributed by atoms with Crippen LogP contribution in [-0.2, 0) is 30.0 Å². The summed E-state index contributed by atoms with van der Waals surface area (Å²) in [6.45, 7) is 2.26. The summed E-state index contributed by atoms with van der Waals surface area (Å²) in [7, 11) is -0.314. The number of fused-ring (bicyclic) bond motifs is 1. The molecule has 0 atom stereocenters. The average Bonchev–Trinajstić information content (AvgIpc) is 3.12. The Labute approximate surface area is 135 Å². The van der Waals surface area contributed by atoms with E-state index in [2.05, 4.69) is 5.10 Å². The first-order chi connectivity index (χ1) is 10.9. The lowest BCUT2D eigenvalue weighted by Crippen LogP contribution is -2.26. The summed E-state index contributed by atoms with van der Waals surface area (Å²) >= 11 is 0. The molecule has 23 heavy (non-hydrogen) atoms. The van der Waals surface area contributed by atoms with Gasteiger partial charge in [0.25, 0.3) is 0 Å². The van der Waals surface area contributed by atoms with Crippen molar-refractivity contribution in [3.8, 4) is 0 Å². The van der Waals surface area contributed by atoms with Crippen molar-refractivity contribution in [1.29, 1.82) is 0 Å². The zero-order valence-corrected chi connectivity index (χ0v) is 14.2. The number of hydrogen-bond acceptors (Lipinski definition) is 4. The zero-order valence-electron chi connectivity index (χ0n) is 13.4. The Kier molecular flexibility index (Phi) is 3.99. The van der Waals surface area contributed by atoms with E-state index in [1.54, 1.807) is 14.1 Å². The lowest BCUT2D eigenvalue weighted by Gasteiger charge is -2.16. The van der Waals surface area contributed by atoms with E-state index in [-0.39, 0.29) is 11.4 Å². The Hall–Kier alpha value is -2.12. The maximum atomic E-state index is 12.6. The molecule has 0 aliphatic carbocycles. The smallest absolute Gasteiger partial charge is 0.246 e. The van der Waals surface area contributed by atoms with Gasteiger partial charge in [-0.15, -0.1) is 0 Å². The second kappa shape index (κ2) is 5.82. The second-order valence-electron chi connectivity index (χ2n) is 5.46. The van der Waals surface area contributed by atoms with E-state index < -0.39 is 10.0 Å². The average molecular weight is 333 g/mol. The van der Waals surface area contributed by atoms with Crippen molar-refractivity contribution in [3.05, 3.63) is 48.0 Å². The third-order valence-electron chi connectivity index (χ3n) is 3.87. The quantitative estimate of drug-likeness (QED) is 0.719. The number of nitrogens with zero attached hydrogens (tertiary/aromatic N) is 3. The Morgan fingerprint density at radius 3 is 2.70 bits per heavy atom. The monoisotopic (exact) mass is 333 g/mol. The summed E-state index contributed by atoms with van der Waals surface area (Å²) < 4.78 is 33.9. The molecule has 0 fully saturated rings. The summed E-state index contributed by atoms with van der Waals surface area (Å²) in [5.74, 6) is 0.819. The van der Waals surface area contributed by atoms with Crippen LogP contribution in [0, 0.1) is 0 Å². The van der Waals surface area contributed by atoms with E-state index in [0.29, 0.717) is 6.42 Å². The minimum atomic E-state index is -3.58. The number of aryl methyl sites for hydroxylation is 2. The molecule has 0 aliphatic heterocycles. The third kappa shape index (κ3) is 2.77. The maximum Gasteiger partial charge on any atom is 0.246 e. The fraction of sp³-hybridized carbons (Fsp3) is 0.312. The molecule has 0 aliphatic rings. The number of sulfonamides is 1. The van der Waals surface area contributed by atoms with Crippen molar-refractivity contribution in [2.45, 2.75) is 24.8 Å². The normalized spacial score (nSPS) is 12.3. The molecule has 0 amide bonds. The van der Waals surface area contributed by atoms with Gasteiger partial charge in [0.05, 0.1) is 6.20 Å². The summed E-state index contributed by atoms with van der Waals surface area (Å²) in [6.07, 6.45) is 3.57. The molecule has 0 spiro atoms. The molecule has 2 heterocycles. The van der Waals surface area contributed by atoms with Crippen LogP contribution in [0.15, 0.2) is 46.0 Å². The first-order valence-corrected chi connectivity index (χ1v) is 8.81. The molecule has 0 N–H and O–H groups in total. The van der Waals surface area contributed by atoms with Crippen LogP contribution in [0.5, 0.6) is 0 Å². The number of para-hydroxylation sites is 1. The molecular weight excluding hydrogens is 314 g/mol. The number of aromatic nitrogens is 2. The van der Waals surface area contributed by atoms with Crippen LogP contribution in [-0.4, -0.2) is 29.6 Å². The molecule has 3 rings (SSSR count). The zero-order chi connectivity index (χ0) is 16.6. The van der Waals surface area contributed by atoms with Gasteiger partial charge < -0.3 is 4.42 Å². The van der Waals surface area contributed by atoms with Gasteiger partial charge in [0.2, 0.25) is 10.0 Å². The van der Waals surface area contributed by atoms with Crippen LogP contribution in [0.3, 0.4) is 0 Å². The van der Waals surface area contributed by atoms with E-state index in [1.165, 1.54) is 21.4 Å². The van der Waals surface area contributed by atoms with Gasteiger partial charge >= 0.3 is 0 Å². The lowest BCUT2D eigenvalue weighted by molar-refractivity contribution is 0.459. The lowest BCUT2D eigenvalue weighted by atomic mass is 10.1. The molecular formula is C16H19N3O3S. The topological polar surface area (TPSA) is 68.3 Å². The van der Waals surface area contributed by atoms with Gasteiger partial charge in [0.15, 0.2) is 0 Å². The predicted octanol–water partition coefficient (Wildman–Crippen LogP) is 2.55. The Morgan fingerprint density at radius 2 is 2.04 bits per heavy atom. The first-order valence-electron chi connectivity index (χ1n) is 7.37. The van der Waals surface area contributed by atoms with E-state index >= 15 is 0 Å². The minimum absolute atomic E-state index is 0.188. The van der Waals surface area contributed by atoms with Gasteiger partial charge in [-0.05, 0) is 6.07 Å². The van der Waals surface area contributed by atoms with Gasteiger partial charge in [-0.1, -0.05) is 25.1 Å². The van der Waals surface area contributed by atoms with Gasteiger partial charge in [-0.25, -0.2) is 8.42 Å². The molecule has 1 aromatic carbocycles. The fourth-order valence-corrected chi connectivity index (χ4v) is 3.75. The van der Waals surface area contributed by atoms with Crippen molar-refractivity contribution < 1.29 is 12.8 Å². The van der Waals surface area contributed by atoms with Gasteiger partial charge in [0, 0.05) is 44.2 Å². The Bertz CT molecular complexity index is 941. The summed E-state index contributed by atoms with van der Waals surface area (Å²) in [5.41, 5.74) is 1.70.